The van der Waals surface area contributed by atoms with E-state index in [-0.39, 0.29) is 45.8 Å². The number of nitrogens with zero attached hydrogens (tertiary/aromatic N) is 3. The van der Waals surface area contributed by atoms with Crippen molar-refractivity contribution in [3.63, 3.8) is 0 Å². The molecular formula is C26H27N3O6S3. The van der Waals surface area contributed by atoms with Gasteiger partial charge >= 0.3 is 0 Å². The summed E-state index contributed by atoms with van der Waals surface area (Å²) in [5, 5.41) is 0.626. The van der Waals surface area contributed by atoms with Gasteiger partial charge in [-0.05, 0) is 67.3 Å². The first kappa shape index (κ1) is 26.5. The molecule has 0 atom stereocenters. The number of benzene rings is 2. The van der Waals surface area contributed by atoms with Gasteiger partial charge in [-0.1, -0.05) is 30.3 Å². The molecule has 3 heterocycles. The average molecular weight is 574 g/mol. The van der Waals surface area contributed by atoms with Crippen molar-refractivity contribution >= 4 is 40.9 Å². The van der Waals surface area contributed by atoms with Gasteiger partial charge in [-0.3, -0.25) is 0 Å². The molecule has 4 aromatic rings. The highest BCUT2D eigenvalue weighted by atomic mass is 32.2. The number of rotatable bonds is 6. The zero-order chi connectivity index (χ0) is 27.3. The van der Waals surface area contributed by atoms with Crippen molar-refractivity contribution in [3.05, 3.63) is 78.6 Å². The molecule has 0 amide bonds. The maximum absolute atomic E-state index is 13.4. The molecule has 9 nitrogen and oxygen atoms in total. The van der Waals surface area contributed by atoms with Crippen molar-refractivity contribution in [1.29, 1.82) is 0 Å². The van der Waals surface area contributed by atoms with E-state index in [9.17, 15) is 25.3 Å². The largest absolute Gasteiger partial charge is 0.269 e. The van der Waals surface area contributed by atoms with Crippen LogP contribution >= 0.6 is 0 Å². The summed E-state index contributed by atoms with van der Waals surface area (Å²) in [5.74, 6) is -0.0406. The molecule has 38 heavy (non-hydrogen) atoms. The number of aryl methyl sites for hydroxylation is 1. The lowest BCUT2D eigenvalue weighted by atomic mass is 10.0. The van der Waals surface area contributed by atoms with Crippen LogP contribution in [0.5, 0.6) is 0 Å². The summed E-state index contributed by atoms with van der Waals surface area (Å²) < 4.78 is 79.2. The summed E-state index contributed by atoms with van der Waals surface area (Å²) in [6.45, 7) is 1.70. The van der Waals surface area contributed by atoms with Crippen LogP contribution in [0.4, 0.5) is 0 Å². The minimum Gasteiger partial charge on any atom is -0.237 e. The van der Waals surface area contributed by atoms with Crippen LogP contribution in [-0.4, -0.2) is 63.1 Å². The zero-order valence-electron chi connectivity index (χ0n) is 20.8. The van der Waals surface area contributed by atoms with E-state index in [4.69, 9.17) is 0 Å². The highest BCUT2D eigenvalue weighted by Gasteiger charge is 2.33. The van der Waals surface area contributed by atoms with Crippen molar-refractivity contribution < 1.29 is 25.3 Å². The normalized spacial score (nSPS) is 16.7. The fraction of sp³-hybridized carbons (Fsp3) is 0.269. The van der Waals surface area contributed by atoms with Gasteiger partial charge in [-0.2, -0.15) is 4.31 Å². The van der Waals surface area contributed by atoms with E-state index in [1.54, 1.807) is 49.4 Å². The van der Waals surface area contributed by atoms with Crippen LogP contribution in [0.2, 0.25) is 0 Å². The molecule has 1 saturated heterocycles. The van der Waals surface area contributed by atoms with Crippen LogP contribution in [0.15, 0.2) is 82.7 Å². The third kappa shape index (κ3) is 4.66. The molecule has 200 valence electrons. The van der Waals surface area contributed by atoms with Gasteiger partial charge in [0.05, 0.1) is 21.3 Å². The lowest BCUT2D eigenvalue weighted by Crippen LogP contribution is -2.42. The molecule has 2 aromatic carbocycles. The van der Waals surface area contributed by atoms with Crippen molar-refractivity contribution in [2.24, 2.45) is 0 Å². The molecule has 2 aromatic heterocycles. The van der Waals surface area contributed by atoms with E-state index >= 15 is 0 Å². The van der Waals surface area contributed by atoms with E-state index in [2.05, 4.69) is 4.98 Å². The van der Waals surface area contributed by atoms with Gasteiger partial charge in [-0.25, -0.2) is 34.2 Å². The second-order valence-electron chi connectivity index (χ2n) is 9.39. The van der Waals surface area contributed by atoms with Crippen molar-refractivity contribution in [2.45, 2.75) is 35.6 Å². The smallest absolute Gasteiger partial charge is 0.237 e. The number of hydrogen-bond donors (Lipinski definition) is 0. The van der Waals surface area contributed by atoms with E-state index in [0.29, 0.717) is 16.6 Å². The number of pyridine rings is 1. The first-order valence-corrected chi connectivity index (χ1v) is 16.7. The molecule has 0 aliphatic carbocycles. The van der Waals surface area contributed by atoms with E-state index in [1.165, 1.54) is 45.8 Å². The molecule has 5 rings (SSSR count). The third-order valence-electron chi connectivity index (χ3n) is 7.00. The van der Waals surface area contributed by atoms with Gasteiger partial charge in [0.1, 0.15) is 9.84 Å². The quantitative estimate of drug-likeness (QED) is 0.346. The van der Waals surface area contributed by atoms with Crippen LogP contribution in [0.3, 0.4) is 0 Å². The second kappa shape index (κ2) is 9.60. The van der Waals surface area contributed by atoms with Crippen molar-refractivity contribution in [3.8, 4) is 11.1 Å². The van der Waals surface area contributed by atoms with Gasteiger partial charge < -0.3 is 0 Å². The van der Waals surface area contributed by atoms with Gasteiger partial charge in [-0.15, -0.1) is 0 Å². The Morgan fingerprint density at radius 1 is 0.895 bits per heavy atom. The van der Waals surface area contributed by atoms with Gasteiger partial charge in [0.2, 0.25) is 10.0 Å². The lowest BCUT2D eigenvalue weighted by Gasteiger charge is -2.30. The molecule has 0 saturated carbocycles. The standard InChI is InChI=1S/C26H27N3O6S3/c1-19-18-25-24(12-15-27-26(25)29(19)38(34,35)22-6-4-3-5-7-22)20-8-10-23(11-9-20)37(32,33)28(2)21-13-16-36(30,31)17-14-21/h3-12,15,18,21H,13-14,16-17H2,1-2H3. The lowest BCUT2D eigenvalue weighted by molar-refractivity contribution is 0.342. The fourth-order valence-electron chi connectivity index (χ4n) is 4.86. The summed E-state index contributed by atoms with van der Waals surface area (Å²) in [6.07, 6.45) is 2.07. The van der Waals surface area contributed by atoms with E-state index in [0.717, 1.165) is 5.56 Å². The Hall–Kier alpha value is -3.06. The predicted octanol–water partition coefficient (Wildman–Crippen LogP) is 3.45. The van der Waals surface area contributed by atoms with E-state index < -0.39 is 29.9 Å². The van der Waals surface area contributed by atoms with Crippen molar-refractivity contribution in [1.82, 2.24) is 13.3 Å². The van der Waals surface area contributed by atoms with Crippen molar-refractivity contribution in [2.75, 3.05) is 18.6 Å². The molecule has 0 unspecified atom stereocenters. The Labute approximate surface area is 222 Å². The number of sulfonamides is 1. The topological polar surface area (TPSA) is 123 Å². The summed E-state index contributed by atoms with van der Waals surface area (Å²) >= 11 is 0. The van der Waals surface area contributed by atoms with Crippen LogP contribution in [-0.2, 0) is 29.9 Å². The Kier molecular flexibility index (Phi) is 6.70. The highest BCUT2D eigenvalue weighted by molar-refractivity contribution is 7.91. The first-order valence-electron chi connectivity index (χ1n) is 12.0. The molecule has 12 heteroatoms. The molecule has 0 N–H and O–H groups in total. The molecule has 0 radical (unpaired) electrons. The molecule has 1 fully saturated rings. The van der Waals surface area contributed by atoms with E-state index in [1.807, 2.05) is 0 Å². The third-order valence-corrected chi connectivity index (χ3v) is 12.4. The van der Waals surface area contributed by atoms with Crippen LogP contribution in [0, 0.1) is 6.92 Å². The monoisotopic (exact) mass is 573 g/mol. The summed E-state index contributed by atoms with van der Waals surface area (Å²) in [6, 6.07) is 17.7. The number of aromatic nitrogens is 2. The Morgan fingerprint density at radius 3 is 2.16 bits per heavy atom. The fourth-order valence-corrected chi connectivity index (χ4v) is 9.26. The van der Waals surface area contributed by atoms with Crippen LogP contribution < -0.4 is 0 Å². The average Bonchev–Trinajstić information content (AvgIpc) is 3.25. The second-order valence-corrected chi connectivity index (χ2v) is 15.5. The zero-order valence-corrected chi connectivity index (χ0v) is 23.3. The molecule has 0 bridgehead atoms. The van der Waals surface area contributed by atoms with Crippen LogP contribution in [0.1, 0.15) is 18.5 Å². The molecule has 1 aliphatic heterocycles. The number of sulfone groups is 1. The Balaban J connectivity index is 1.49. The maximum Gasteiger partial charge on any atom is 0.269 e. The Morgan fingerprint density at radius 2 is 1.53 bits per heavy atom. The highest BCUT2D eigenvalue weighted by Crippen LogP contribution is 2.33. The predicted molar refractivity (Wildman–Crippen MR) is 146 cm³/mol. The summed E-state index contributed by atoms with van der Waals surface area (Å²) in [4.78, 5) is 4.61. The minimum absolute atomic E-state index is 0.0203. The minimum atomic E-state index is -3.87. The summed E-state index contributed by atoms with van der Waals surface area (Å²) in [5.41, 5.74) is 2.21. The molecule has 1 aliphatic rings. The summed E-state index contributed by atoms with van der Waals surface area (Å²) in [7, 11) is -9.32. The first-order chi connectivity index (χ1) is 17.9. The number of hydrogen-bond acceptors (Lipinski definition) is 7. The molecule has 0 spiro atoms. The van der Waals surface area contributed by atoms with Gasteiger partial charge in [0, 0.05) is 30.4 Å². The van der Waals surface area contributed by atoms with Gasteiger partial charge in [0.25, 0.3) is 10.0 Å². The Bertz CT molecular complexity index is 1820. The van der Waals surface area contributed by atoms with Crippen LogP contribution in [0.25, 0.3) is 22.2 Å². The molecular weight excluding hydrogens is 547 g/mol. The SMILES string of the molecule is Cc1cc2c(-c3ccc(S(=O)(=O)N(C)C4CCS(=O)(=O)CC4)cc3)ccnc2n1S(=O)(=O)c1ccccc1. The maximum atomic E-state index is 13.4. The van der Waals surface area contributed by atoms with Gasteiger partial charge in [0.15, 0.2) is 5.65 Å². The number of fused-ring (bicyclic) bond motifs is 1.